The molecule has 106 valence electrons. The molecule has 5 heteroatoms. The highest BCUT2D eigenvalue weighted by Gasteiger charge is 2.14. The Labute approximate surface area is 122 Å². The third kappa shape index (κ3) is 2.33. The Bertz CT molecular complexity index is 818. The molecule has 0 bridgehead atoms. The van der Waals surface area contributed by atoms with Crippen LogP contribution in [0.2, 0.25) is 0 Å². The van der Waals surface area contributed by atoms with Crippen molar-refractivity contribution in [1.29, 1.82) is 0 Å². The van der Waals surface area contributed by atoms with E-state index < -0.39 is 0 Å². The molecule has 3 N–H and O–H groups in total. The summed E-state index contributed by atoms with van der Waals surface area (Å²) in [5, 5.41) is 3.64. The van der Waals surface area contributed by atoms with Crippen molar-refractivity contribution in [3.8, 4) is 0 Å². The first kappa shape index (κ1) is 13.2. The van der Waals surface area contributed by atoms with Gasteiger partial charge in [0.05, 0.1) is 11.3 Å². The van der Waals surface area contributed by atoms with E-state index in [4.69, 9.17) is 5.73 Å². The molecule has 5 nitrogen and oxygen atoms in total. The topological polar surface area (TPSA) is 72.9 Å². The van der Waals surface area contributed by atoms with Crippen LogP contribution in [-0.4, -0.2) is 15.5 Å². The zero-order valence-electron chi connectivity index (χ0n) is 11.9. The molecular formula is C16H16N4O. The molecule has 1 aromatic carbocycles. The summed E-state index contributed by atoms with van der Waals surface area (Å²) in [5.74, 6) is 0.257. The van der Waals surface area contributed by atoms with Crippen LogP contribution < -0.4 is 11.1 Å². The minimum atomic E-state index is -0.255. The van der Waals surface area contributed by atoms with Crippen LogP contribution in [0.25, 0.3) is 10.9 Å². The number of carbonyl (C=O) groups is 1. The molecule has 3 rings (SSSR count). The van der Waals surface area contributed by atoms with E-state index in [1.807, 2.05) is 42.9 Å². The van der Waals surface area contributed by atoms with E-state index in [9.17, 15) is 4.79 Å². The Morgan fingerprint density at radius 2 is 2.05 bits per heavy atom. The van der Waals surface area contributed by atoms with Crippen molar-refractivity contribution in [3.05, 3.63) is 53.9 Å². The van der Waals surface area contributed by atoms with Gasteiger partial charge in [0.2, 0.25) is 0 Å². The number of nitrogens with two attached hydrogens (primary N) is 1. The second-order valence-electron chi connectivity index (χ2n) is 5.06. The van der Waals surface area contributed by atoms with Gasteiger partial charge in [-0.15, -0.1) is 0 Å². The number of aromatic nitrogens is 2. The van der Waals surface area contributed by atoms with E-state index in [1.54, 1.807) is 18.3 Å². The van der Waals surface area contributed by atoms with E-state index in [2.05, 4.69) is 10.3 Å². The number of anilines is 2. The molecule has 0 saturated carbocycles. The molecule has 0 saturated heterocycles. The number of amides is 1. The summed E-state index contributed by atoms with van der Waals surface area (Å²) in [7, 11) is 1.94. The number of benzene rings is 1. The Hall–Kier alpha value is -2.82. The quantitative estimate of drug-likeness (QED) is 0.709. The van der Waals surface area contributed by atoms with Crippen molar-refractivity contribution >= 4 is 28.3 Å². The van der Waals surface area contributed by atoms with Gasteiger partial charge in [-0.05, 0) is 36.8 Å². The number of nitrogen functional groups attached to an aromatic ring is 1. The lowest BCUT2D eigenvalue weighted by Crippen LogP contribution is -2.15. The van der Waals surface area contributed by atoms with Crippen molar-refractivity contribution in [3.63, 3.8) is 0 Å². The van der Waals surface area contributed by atoms with Crippen LogP contribution in [0.5, 0.6) is 0 Å². The third-order valence-corrected chi connectivity index (χ3v) is 3.51. The van der Waals surface area contributed by atoms with Gasteiger partial charge >= 0.3 is 0 Å². The number of hydrogen-bond donors (Lipinski definition) is 2. The van der Waals surface area contributed by atoms with Crippen LogP contribution in [0.4, 0.5) is 11.5 Å². The molecule has 3 aromatic rings. The summed E-state index contributed by atoms with van der Waals surface area (Å²) in [6.07, 6.45) is 3.63. The van der Waals surface area contributed by atoms with E-state index in [0.29, 0.717) is 17.1 Å². The molecule has 0 aliphatic carbocycles. The summed E-state index contributed by atoms with van der Waals surface area (Å²) in [5.41, 5.74) is 9.09. The number of aryl methyl sites for hydroxylation is 2. The molecule has 21 heavy (non-hydrogen) atoms. The molecular weight excluding hydrogens is 264 g/mol. The van der Waals surface area contributed by atoms with Gasteiger partial charge in [-0.25, -0.2) is 4.98 Å². The molecule has 2 heterocycles. The van der Waals surface area contributed by atoms with Crippen LogP contribution in [-0.2, 0) is 7.05 Å². The van der Waals surface area contributed by atoms with Crippen LogP contribution in [0.15, 0.2) is 42.7 Å². The van der Waals surface area contributed by atoms with Crippen LogP contribution in [0.3, 0.4) is 0 Å². The van der Waals surface area contributed by atoms with Crippen molar-refractivity contribution in [2.75, 3.05) is 11.1 Å². The second-order valence-corrected chi connectivity index (χ2v) is 5.06. The van der Waals surface area contributed by atoms with E-state index in [0.717, 1.165) is 16.5 Å². The van der Waals surface area contributed by atoms with Crippen molar-refractivity contribution in [2.45, 2.75) is 6.92 Å². The summed E-state index contributed by atoms with van der Waals surface area (Å²) in [6, 6.07) is 9.20. The van der Waals surface area contributed by atoms with Crippen LogP contribution in [0, 0.1) is 6.92 Å². The third-order valence-electron chi connectivity index (χ3n) is 3.51. The first-order chi connectivity index (χ1) is 10.1. The Morgan fingerprint density at radius 3 is 2.76 bits per heavy atom. The summed E-state index contributed by atoms with van der Waals surface area (Å²) < 4.78 is 1.97. The normalized spacial score (nSPS) is 10.8. The molecule has 1 amide bonds. The Morgan fingerprint density at radius 1 is 1.24 bits per heavy atom. The second kappa shape index (κ2) is 4.94. The average molecular weight is 280 g/mol. The lowest BCUT2D eigenvalue weighted by Gasteiger charge is -2.08. The molecule has 0 fully saturated rings. The smallest absolute Gasteiger partial charge is 0.258 e. The first-order valence-corrected chi connectivity index (χ1v) is 6.64. The maximum Gasteiger partial charge on any atom is 0.258 e. The first-order valence-electron chi connectivity index (χ1n) is 6.64. The van der Waals surface area contributed by atoms with Gasteiger partial charge in [-0.1, -0.05) is 6.07 Å². The molecule has 2 aromatic heterocycles. The van der Waals surface area contributed by atoms with Crippen LogP contribution in [0.1, 0.15) is 15.9 Å². The zero-order chi connectivity index (χ0) is 15.0. The van der Waals surface area contributed by atoms with Gasteiger partial charge in [0.25, 0.3) is 5.91 Å². The molecule has 0 aliphatic rings. The number of fused-ring (bicyclic) bond motifs is 1. The largest absolute Gasteiger partial charge is 0.398 e. The minimum Gasteiger partial charge on any atom is -0.398 e. The van der Waals surface area contributed by atoms with Gasteiger partial charge in [0.1, 0.15) is 5.82 Å². The average Bonchev–Trinajstić information content (AvgIpc) is 2.84. The highest BCUT2D eigenvalue weighted by atomic mass is 16.1. The zero-order valence-corrected chi connectivity index (χ0v) is 11.9. The predicted octanol–water partition coefficient (Wildman–Crippen LogP) is 2.72. The monoisotopic (exact) mass is 280 g/mol. The van der Waals surface area contributed by atoms with Gasteiger partial charge in [0, 0.05) is 30.3 Å². The standard InChI is InChI=1S/C16H16N4O/c1-10-3-6-14(18-9-10)19-16(21)12-4-5-13-11(15(12)17)7-8-20(13)2/h3-9H,17H2,1-2H3,(H,18,19,21). The fraction of sp³-hybridized carbons (Fsp3) is 0.125. The summed E-state index contributed by atoms with van der Waals surface area (Å²) in [6.45, 7) is 1.94. The van der Waals surface area contributed by atoms with Gasteiger partial charge in [-0.3, -0.25) is 4.79 Å². The van der Waals surface area contributed by atoms with Gasteiger partial charge < -0.3 is 15.6 Å². The summed E-state index contributed by atoms with van der Waals surface area (Å²) >= 11 is 0. The maximum atomic E-state index is 12.3. The van der Waals surface area contributed by atoms with Gasteiger partial charge in [-0.2, -0.15) is 0 Å². The fourth-order valence-corrected chi connectivity index (χ4v) is 2.30. The highest BCUT2D eigenvalue weighted by Crippen LogP contribution is 2.26. The predicted molar refractivity (Wildman–Crippen MR) is 84.3 cm³/mol. The lowest BCUT2D eigenvalue weighted by molar-refractivity contribution is 0.102. The lowest BCUT2D eigenvalue weighted by atomic mass is 10.1. The number of pyridine rings is 1. The Kier molecular flexibility index (Phi) is 3.10. The van der Waals surface area contributed by atoms with Crippen molar-refractivity contribution in [2.24, 2.45) is 7.05 Å². The van der Waals surface area contributed by atoms with E-state index in [1.165, 1.54) is 0 Å². The highest BCUT2D eigenvalue weighted by molar-refractivity contribution is 6.12. The minimum absolute atomic E-state index is 0.255. The molecule has 0 unspecified atom stereocenters. The molecule has 0 spiro atoms. The summed E-state index contributed by atoms with van der Waals surface area (Å²) in [4.78, 5) is 16.5. The number of nitrogens with zero attached hydrogens (tertiary/aromatic N) is 2. The maximum absolute atomic E-state index is 12.3. The van der Waals surface area contributed by atoms with Crippen LogP contribution >= 0.6 is 0 Å². The number of carbonyl (C=O) groups excluding carboxylic acids is 1. The van der Waals surface area contributed by atoms with E-state index >= 15 is 0 Å². The molecule has 0 aliphatic heterocycles. The Balaban J connectivity index is 1.94. The fourth-order valence-electron chi connectivity index (χ4n) is 2.30. The SMILES string of the molecule is Cc1ccc(NC(=O)c2ccc3c(ccn3C)c2N)nc1. The number of rotatable bonds is 2. The number of nitrogens with one attached hydrogen (secondary N) is 1. The van der Waals surface area contributed by atoms with E-state index in [-0.39, 0.29) is 5.91 Å². The van der Waals surface area contributed by atoms with Gasteiger partial charge in [0.15, 0.2) is 0 Å². The van der Waals surface area contributed by atoms with Crippen molar-refractivity contribution < 1.29 is 4.79 Å². The molecule has 0 atom stereocenters. The molecule has 0 radical (unpaired) electrons. The number of hydrogen-bond acceptors (Lipinski definition) is 3. The van der Waals surface area contributed by atoms with Crippen molar-refractivity contribution in [1.82, 2.24) is 9.55 Å².